The smallest absolute Gasteiger partial charge is 0.309 e. The SMILES string of the molecule is C=CCC(CC(C)(C)OCC)[N+]([SiH3])(OCC)OCC.[Cl-]. The second-order valence-electron chi connectivity index (χ2n) is 5.32. The van der Waals surface area contributed by atoms with E-state index in [2.05, 4.69) is 20.4 Å². The third-order valence-corrected chi connectivity index (χ3v) is 4.38. The zero-order valence-electron chi connectivity index (χ0n) is 13.9. The molecule has 0 bridgehead atoms. The molecule has 0 amide bonds. The third kappa shape index (κ3) is 7.76. The van der Waals surface area contributed by atoms with Crippen LogP contribution in [0.15, 0.2) is 12.7 Å². The highest BCUT2D eigenvalue weighted by Gasteiger charge is 2.39. The number of ether oxygens (including phenoxy) is 1. The zero-order chi connectivity index (χ0) is 14.9. The van der Waals surface area contributed by atoms with Crippen molar-refractivity contribution in [1.82, 2.24) is 0 Å². The Morgan fingerprint density at radius 1 is 1.15 bits per heavy atom. The van der Waals surface area contributed by atoms with Gasteiger partial charge in [0.15, 0.2) is 0 Å². The minimum absolute atomic E-state index is 0. The van der Waals surface area contributed by atoms with Crippen molar-refractivity contribution in [3.05, 3.63) is 12.7 Å². The molecule has 122 valence electrons. The van der Waals surface area contributed by atoms with Crippen molar-refractivity contribution in [2.75, 3.05) is 19.8 Å². The quantitative estimate of drug-likeness (QED) is 0.281. The first-order chi connectivity index (χ1) is 8.85. The van der Waals surface area contributed by atoms with Gasteiger partial charge in [-0.25, -0.2) is 0 Å². The first kappa shape index (κ1) is 22.4. The summed E-state index contributed by atoms with van der Waals surface area (Å²) in [5.41, 5.74) is -0.176. The summed E-state index contributed by atoms with van der Waals surface area (Å²) in [6, 6.07) is 0.227. The Balaban J connectivity index is 0. The molecule has 0 N–H and O–H groups in total. The minimum atomic E-state index is -0.176. The fraction of sp³-hybridized carbons (Fsp3) is 0.857. The molecular formula is C14H32ClNO3Si. The number of rotatable bonds is 11. The number of hydroxylamine groups is 2. The van der Waals surface area contributed by atoms with Crippen molar-refractivity contribution in [1.29, 1.82) is 0 Å². The van der Waals surface area contributed by atoms with Crippen LogP contribution in [0.2, 0.25) is 0 Å². The lowest BCUT2D eigenvalue weighted by Gasteiger charge is -2.40. The summed E-state index contributed by atoms with van der Waals surface area (Å²) >= 11 is 0. The summed E-state index contributed by atoms with van der Waals surface area (Å²) < 4.78 is 6.10. The van der Waals surface area contributed by atoms with Crippen LogP contribution in [0.5, 0.6) is 0 Å². The van der Waals surface area contributed by atoms with E-state index in [1.165, 1.54) is 0 Å². The van der Waals surface area contributed by atoms with Crippen LogP contribution < -0.4 is 12.4 Å². The largest absolute Gasteiger partial charge is 1.00 e. The number of hydrogen-bond donors (Lipinski definition) is 0. The molecule has 0 radical (unpaired) electrons. The molecule has 4 nitrogen and oxygen atoms in total. The van der Waals surface area contributed by atoms with Gasteiger partial charge in [0.1, 0.15) is 19.3 Å². The summed E-state index contributed by atoms with van der Waals surface area (Å²) in [7, 11) is 0.772. The zero-order valence-corrected chi connectivity index (χ0v) is 16.7. The molecule has 0 saturated heterocycles. The standard InChI is InChI=1S/C14H32NO3Si.ClH/c1-7-11-13(12-14(5,6)16-8-2)15(19,17-9-3)18-10-4;/h7,13H,1,8-12H2,2-6,19H3;1H/q+1;/p-1. The van der Waals surface area contributed by atoms with E-state index in [1.54, 1.807) is 0 Å². The van der Waals surface area contributed by atoms with Crippen LogP contribution in [0.4, 0.5) is 0 Å². The summed E-state index contributed by atoms with van der Waals surface area (Å²) in [6.45, 7) is 16.1. The van der Waals surface area contributed by atoms with Gasteiger partial charge in [-0.2, -0.15) is 9.68 Å². The highest BCUT2D eigenvalue weighted by molar-refractivity contribution is 5.96. The average molecular weight is 326 g/mol. The van der Waals surface area contributed by atoms with Crippen LogP contribution in [0, 0.1) is 0 Å². The molecule has 1 atom stereocenters. The summed E-state index contributed by atoms with van der Waals surface area (Å²) in [4.78, 5) is 11.8. The van der Waals surface area contributed by atoms with Crippen molar-refractivity contribution < 1.29 is 31.3 Å². The van der Waals surface area contributed by atoms with Gasteiger partial charge in [0, 0.05) is 19.4 Å². The fourth-order valence-electron chi connectivity index (χ4n) is 2.41. The predicted octanol–water partition coefficient (Wildman–Crippen LogP) is -0.859. The molecule has 0 aliphatic heterocycles. The van der Waals surface area contributed by atoms with Gasteiger partial charge in [0.05, 0.1) is 5.60 Å². The maximum absolute atomic E-state index is 5.88. The highest BCUT2D eigenvalue weighted by Crippen LogP contribution is 2.27. The molecule has 0 heterocycles. The van der Waals surface area contributed by atoms with Crippen molar-refractivity contribution in [2.24, 2.45) is 0 Å². The Morgan fingerprint density at radius 2 is 1.65 bits per heavy atom. The maximum atomic E-state index is 5.88. The molecule has 0 rings (SSSR count). The van der Waals surface area contributed by atoms with Gasteiger partial charge >= 0.3 is 10.4 Å². The fourth-order valence-corrected chi connectivity index (χ4v) is 3.32. The molecule has 6 heteroatoms. The molecule has 0 aromatic carbocycles. The van der Waals surface area contributed by atoms with Crippen LogP contribution in [0.25, 0.3) is 0 Å². The highest BCUT2D eigenvalue weighted by atomic mass is 35.5. The number of nitrogens with zero attached hydrogens (tertiary/aromatic N) is 1. The molecule has 0 spiro atoms. The summed E-state index contributed by atoms with van der Waals surface area (Å²) in [5, 5.41) is 0. The van der Waals surface area contributed by atoms with Crippen molar-refractivity contribution >= 4 is 10.4 Å². The summed E-state index contributed by atoms with van der Waals surface area (Å²) in [6.07, 6.45) is 3.69. The summed E-state index contributed by atoms with van der Waals surface area (Å²) in [5.74, 6) is 0. The van der Waals surface area contributed by atoms with Crippen LogP contribution in [-0.2, 0) is 14.4 Å². The van der Waals surface area contributed by atoms with Gasteiger partial charge in [-0.05, 0) is 34.6 Å². The molecule has 0 aromatic rings. The molecule has 1 unspecified atom stereocenters. The van der Waals surface area contributed by atoms with Crippen LogP contribution >= 0.6 is 0 Å². The normalized spacial score (nSPS) is 13.8. The maximum Gasteiger partial charge on any atom is 0.309 e. The molecular weight excluding hydrogens is 294 g/mol. The van der Waals surface area contributed by atoms with E-state index in [0.717, 1.165) is 29.9 Å². The van der Waals surface area contributed by atoms with Crippen molar-refractivity contribution in [3.8, 4) is 0 Å². The molecule has 0 aromatic heterocycles. The average Bonchev–Trinajstić information content (AvgIpc) is 2.28. The van der Waals surface area contributed by atoms with Crippen LogP contribution in [-0.4, -0.2) is 46.3 Å². The monoisotopic (exact) mass is 325 g/mol. The van der Waals surface area contributed by atoms with Crippen molar-refractivity contribution in [3.63, 3.8) is 0 Å². The lowest BCUT2D eigenvalue weighted by atomic mass is 9.97. The Bertz CT molecular complexity index is 259. The Morgan fingerprint density at radius 3 is 2.00 bits per heavy atom. The molecule has 0 aliphatic rings. The molecule has 0 aliphatic carbocycles. The van der Waals surface area contributed by atoms with E-state index < -0.39 is 0 Å². The van der Waals surface area contributed by atoms with Crippen LogP contribution in [0.3, 0.4) is 0 Å². The third-order valence-electron chi connectivity index (χ3n) is 3.14. The Labute approximate surface area is 133 Å². The van der Waals surface area contributed by atoms with Crippen LogP contribution in [0.1, 0.15) is 47.5 Å². The minimum Gasteiger partial charge on any atom is -1.00 e. The van der Waals surface area contributed by atoms with Gasteiger partial charge in [0.25, 0.3) is 0 Å². The first-order valence-corrected chi connectivity index (χ1v) is 8.14. The van der Waals surface area contributed by atoms with E-state index in [9.17, 15) is 0 Å². The molecule has 0 saturated carbocycles. The Hall–Kier alpha value is 0.0869. The van der Waals surface area contributed by atoms with E-state index in [1.807, 2.05) is 26.8 Å². The van der Waals surface area contributed by atoms with Gasteiger partial charge < -0.3 is 17.1 Å². The van der Waals surface area contributed by atoms with Gasteiger partial charge in [-0.3, -0.25) is 0 Å². The molecule has 20 heavy (non-hydrogen) atoms. The van der Waals surface area contributed by atoms with E-state index in [0.29, 0.717) is 13.2 Å². The Kier molecular flexibility index (Phi) is 12.0. The number of hydrogen-bond acceptors (Lipinski definition) is 3. The predicted molar refractivity (Wildman–Crippen MR) is 82.4 cm³/mol. The van der Waals surface area contributed by atoms with E-state index in [4.69, 9.17) is 14.4 Å². The van der Waals surface area contributed by atoms with Crippen molar-refractivity contribution in [2.45, 2.75) is 59.1 Å². The second-order valence-corrected chi connectivity index (χ2v) is 6.57. The van der Waals surface area contributed by atoms with E-state index in [-0.39, 0.29) is 28.5 Å². The van der Waals surface area contributed by atoms with Gasteiger partial charge in [-0.15, -0.1) is 11.1 Å². The number of quaternary nitrogens is 1. The topological polar surface area (TPSA) is 27.7 Å². The molecule has 0 fully saturated rings. The van der Waals surface area contributed by atoms with Gasteiger partial charge in [0.2, 0.25) is 0 Å². The first-order valence-electron chi connectivity index (χ1n) is 7.25. The van der Waals surface area contributed by atoms with Gasteiger partial charge in [-0.1, -0.05) is 6.08 Å². The van der Waals surface area contributed by atoms with E-state index >= 15 is 0 Å². The second kappa shape index (κ2) is 10.8. The number of halogens is 1. The lowest BCUT2D eigenvalue weighted by molar-refractivity contribution is -1.18. The lowest BCUT2D eigenvalue weighted by Crippen LogP contribution is -3.00.